The molecule has 0 saturated carbocycles. The van der Waals surface area contributed by atoms with Crippen LogP contribution in [-0.4, -0.2) is 37.4 Å². The van der Waals surface area contributed by atoms with E-state index in [0.717, 1.165) is 0 Å². The number of amides is 2. The summed E-state index contributed by atoms with van der Waals surface area (Å²) in [4.78, 5) is 24.4. The van der Waals surface area contributed by atoms with Gasteiger partial charge in [-0.2, -0.15) is 0 Å². The first-order valence-electron chi connectivity index (χ1n) is 5.05. The van der Waals surface area contributed by atoms with Crippen molar-refractivity contribution < 1.29 is 9.59 Å². The Kier molecular flexibility index (Phi) is 4.81. The summed E-state index contributed by atoms with van der Waals surface area (Å²) in [6.07, 6.45) is 0. The van der Waals surface area contributed by atoms with Crippen LogP contribution in [0.1, 0.15) is 10.4 Å². The summed E-state index contributed by atoms with van der Waals surface area (Å²) in [6.45, 7) is -0.0918. The van der Waals surface area contributed by atoms with Gasteiger partial charge in [-0.05, 0) is 12.1 Å². The van der Waals surface area contributed by atoms with Gasteiger partial charge in [-0.15, -0.1) is 0 Å². The lowest BCUT2D eigenvalue weighted by atomic mass is 10.2. The van der Waals surface area contributed by atoms with Crippen molar-refractivity contribution in [2.45, 2.75) is 0 Å². The smallest absolute Gasteiger partial charge is 0.251 e. The van der Waals surface area contributed by atoms with E-state index in [9.17, 15) is 9.59 Å². The zero-order valence-electron chi connectivity index (χ0n) is 9.96. The van der Waals surface area contributed by atoms with Gasteiger partial charge in [-0.1, -0.05) is 23.2 Å². The number of nitrogens with two attached hydrogens (primary N) is 1. The Bertz CT molecular complexity index is 466. The van der Waals surface area contributed by atoms with E-state index in [1.807, 2.05) is 0 Å². The molecule has 0 aromatic heterocycles. The van der Waals surface area contributed by atoms with E-state index in [1.165, 1.54) is 17.0 Å². The summed E-state index contributed by atoms with van der Waals surface area (Å²) in [5, 5.41) is 2.87. The maximum absolute atomic E-state index is 11.7. The van der Waals surface area contributed by atoms with Gasteiger partial charge in [0.15, 0.2) is 0 Å². The predicted molar refractivity (Wildman–Crippen MR) is 71.9 cm³/mol. The molecule has 0 heterocycles. The third kappa shape index (κ3) is 3.51. The number of halogens is 2. The lowest BCUT2D eigenvalue weighted by Crippen LogP contribution is -2.36. The molecule has 0 aliphatic heterocycles. The fourth-order valence-electron chi connectivity index (χ4n) is 1.13. The van der Waals surface area contributed by atoms with Crippen molar-refractivity contribution in [1.29, 1.82) is 0 Å². The van der Waals surface area contributed by atoms with Crippen LogP contribution in [-0.2, 0) is 4.79 Å². The van der Waals surface area contributed by atoms with E-state index < -0.39 is 5.91 Å². The molecule has 98 valence electrons. The summed E-state index contributed by atoms with van der Waals surface area (Å²) in [5.41, 5.74) is 6.03. The van der Waals surface area contributed by atoms with Crippen LogP contribution in [0.4, 0.5) is 5.69 Å². The first kappa shape index (κ1) is 14.6. The average Bonchev–Trinajstić information content (AvgIpc) is 2.31. The largest absolute Gasteiger partial charge is 0.396 e. The van der Waals surface area contributed by atoms with E-state index >= 15 is 0 Å². The Morgan fingerprint density at radius 1 is 1.28 bits per heavy atom. The minimum absolute atomic E-state index is 0.0918. The van der Waals surface area contributed by atoms with Crippen LogP contribution < -0.4 is 11.1 Å². The second kappa shape index (κ2) is 5.93. The maximum Gasteiger partial charge on any atom is 0.251 e. The molecule has 0 saturated heterocycles. The molecule has 0 aliphatic carbocycles. The Labute approximate surface area is 115 Å². The Hall–Kier alpha value is -1.46. The molecule has 1 aromatic rings. The van der Waals surface area contributed by atoms with Crippen LogP contribution in [0.2, 0.25) is 10.0 Å². The molecule has 0 atom stereocenters. The van der Waals surface area contributed by atoms with Gasteiger partial charge in [0.25, 0.3) is 5.91 Å². The van der Waals surface area contributed by atoms with Gasteiger partial charge in [0, 0.05) is 19.7 Å². The van der Waals surface area contributed by atoms with Crippen LogP contribution in [0.5, 0.6) is 0 Å². The van der Waals surface area contributed by atoms with Gasteiger partial charge in [0.05, 0.1) is 22.3 Å². The number of nitrogens with zero attached hydrogens (tertiary/aromatic N) is 1. The van der Waals surface area contributed by atoms with Crippen molar-refractivity contribution in [3.05, 3.63) is 27.7 Å². The summed E-state index contributed by atoms with van der Waals surface area (Å²) in [7, 11) is 3.21. The Morgan fingerprint density at radius 3 is 2.22 bits per heavy atom. The second-order valence-corrected chi connectivity index (χ2v) is 4.64. The SMILES string of the molecule is CN(C)C(=O)CNC(=O)c1cc(Cl)c(N)c(Cl)c1. The van der Waals surface area contributed by atoms with Crippen LogP contribution in [0.3, 0.4) is 0 Å². The van der Waals surface area contributed by atoms with Gasteiger partial charge in [0.2, 0.25) is 5.91 Å². The van der Waals surface area contributed by atoms with Crippen LogP contribution in [0, 0.1) is 0 Å². The molecular weight excluding hydrogens is 277 g/mol. The second-order valence-electron chi connectivity index (χ2n) is 3.82. The van der Waals surface area contributed by atoms with Crippen LogP contribution in [0.15, 0.2) is 12.1 Å². The van der Waals surface area contributed by atoms with Gasteiger partial charge < -0.3 is 16.0 Å². The molecular formula is C11H13Cl2N3O2. The molecule has 0 radical (unpaired) electrons. The standard InChI is InChI=1S/C11H13Cl2N3O2/c1-16(2)9(17)5-15-11(18)6-3-7(12)10(14)8(13)4-6/h3-4H,5,14H2,1-2H3,(H,15,18). The first-order valence-corrected chi connectivity index (χ1v) is 5.81. The highest BCUT2D eigenvalue weighted by Crippen LogP contribution is 2.28. The first-order chi connectivity index (χ1) is 8.32. The molecule has 2 amide bonds. The molecule has 0 fully saturated rings. The third-order valence-corrected chi connectivity index (χ3v) is 2.87. The van der Waals surface area contributed by atoms with E-state index in [4.69, 9.17) is 28.9 Å². The molecule has 1 rings (SSSR count). The molecule has 18 heavy (non-hydrogen) atoms. The van der Waals surface area contributed by atoms with Gasteiger partial charge in [0.1, 0.15) is 0 Å². The molecule has 3 N–H and O–H groups in total. The van der Waals surface area contributed by atoms with Crippen molar-refractivity contribution in [2.75, 3.05) is 26.4 Å². The quantitative estimate of drug-likeness (QED) is 0.826. The van der Waals surface area contributed by atoms with Gasteiger partial charge in [-0.3, -0.25) is 9.59 Å². The van der Waals surface area contributed by atoms with Gasteiger partial charge in [-0.25, -0.2) is 0 Å². The number of nitrogen functional groups attached to an aromatic ring is 1. The molecule has 0 bridgehead atoms. The van der Waals surface area contributed by atoms with E-state index in [0.29, 0.717) is 0 Å². The number of carbonyl (C=O) groups is 2. The number of benzene rings is 1. The van der Waals surface area contributed by atoms with Crippen molar-refractivity contribution in [3.63, 3.8) is 0 Å². The third-order valence-electron chi connectivity index (χ3n) is 2.24. The normalized spacial score (nSPS) is 10.0. The maximum atomic E-state index is 11.7. The molecule has 1 aromatic carbocycles. The molecule has 0 aliphatic rings. The Balaban J connectivity index is 2.77. The minimum atomic E-state index is -0.436. The number of nitrogens with one attached hydrogen (secondary N) is 1. The number of likely N-dealkylation sites (N-methyl/N-ethyl adjacent to an activating group) is 1. The number of anilines is 1. The lowest BCUT2D eigenvalue weighted by Gasteiger charge is -2.11. The monoisotopic (exact) mass is 289 g/mol. The molecule has 0 spiro atoms. The van der Waals surface area contributed by atoms with Crippen LogP contribution >= 0.6 is 23.2 Å². The van der Waals surface area contributed by atoms with Crippen molar-refractivity contribution in [1.82, 2.24) is 10.2 Å². The molecule has 7 heteroatoms. The van der Waals surface area contributed by atoms with Crippen molar-refractivity contribution in [2.24, 2.45) is 0 Å². The number of hydrogen-bond donors (Lipinski definition) is 2. The number of hydrogen-bond acceptors (Lipinski definition) is 3. The molecule has 0 unspecified atom stereocenters. The summed E-state index contributed by atoms with van der Waals surface area (Å²) < 4.78 is 0. The minimum Gasteiger partial charge on any atom is -0.396 e. The zero-order valence-corrected chi connectivity index (χ0v) is 11.5. The highest BCUT2D eigenvalue weighted by atomic mass is 35.5. The van der Waals surface area contributed by atoms with E-state index in [-0.39, 0.29) is 33.7 Å². The highest BCUT2D eigenvalue weighted by molar-refractivity contribution is 6.39. The highest BCUT2D eigenvalue weighted by Gasteiger charge is 2.12. The number of carbonyl (C=O) groups excluding carboxylic acids is 2. The van der Waals surface area contributed by atoms with Crippen molar-refractivity contribution >= 4 is 40.7 Å². The van der Waals surface area contributed by atoms with E-state index in [1.54, 1.807) is 14.1 Å². The Morgan fingerprint density at radius 2 is 1.78 bits per heavy atom. The van der Waals surface area contributed by atoms with E-state index in [2.05, 4.69) is 5.32 Å². The van der Waals surface area contributed by atoms with Crippen LogP contribution in [0.25, 0.3) is 0 Å². The average molecular weight is 290 g/mol. The fourth-order valence-corrected chi connectivity index (χ4v) is 1.62. The number of rotatable bonds is 3. The predicted octanol–water partition coefficient (Wildman–Crippen LogP) is 1.39. The summed E-state index contributed by atoms with van der Waals surface area (Å²) in [6, 6.07) is 2.80. The lowest BCUT2D eigenvalue weighted by molar-refractivity contribution is -0.127. The van der Waals surface area contributed by atoms with Crippen molar-refractivity contribution in [3.8, 4) is 0 Å². The zero-order chi connectivity index (χ0) is 13.9. The topological polar surface area (TPSA) is 75.4 Å². The summed E-state index contributed by atoms with van der Waals surface area (Å²) >= 11 is 11.6. The molecule has 5 nitrogen and oxygen atoms in total. The fraction of sp³-hybridized carbons (Fsp3) is 0.273. The summed E-state index contributed by atoms with van der Waals surface area (Å²) in [5.74, 6) is -0.648. The van der Waals surface area contributed by atoms with Gasteiger partial charge >= 0.3 is 0 Å².